The first-order valence-electron chi connectivity index (χ1n) is 5.85. The van der Waals surface area contributed by atoms with Gasteiger partial charge in [-0.1, -0.05) is 11.6 Å². The first-order valence-corrected chi connectivity index (χ1v) is 6.23. The molecule has 0 atom stereocenters. The summed E-state index contributed by atoms with van der Waals surface area (Å²) in [6, 6.07) is 3.70. The van der Waals surface area contributed by atoms with Crippen LogP contribution in [0.3, 0.4) is 0 Å². The van der Waals surface area contributed by atoms with Crippen molar-refractivity contribution in [3.8, 4) is 0 Å². The highest BCUT2D eigenvalue weighted by molar-refractivity contribution is 6.32. The summed E-state index contributed by atoms with van der Waals surface area (Å²) in [5.41, 5.74) is 0.0612. The van der Waals surface area contributed by atoms with Crippen molar-refractivity contribution in [2.24, 2.45) is 0 Å². The molecule has 0 aliphatic carbocycles. The zero-order valence-corrected chi connectivity index (χ0v) is 10.9. The maximum absolute atomic E-state index is 11.8. The second kappa shape index (κ2) is 6.40. The summed E-state index contributed by atoms with van der Waals surface area (Å²) in [5.74, 6) is 0.852. The molecule has 0 bridgehead atoms. The zero-order valence-electron chi connectivity index (χ0n) is 10.2. The quantitative estimate of drug-likeness (QED) is 0.831. The van der Waals surface area contributed by atoms with Gasteiger partial charge in [0, 0.05) is 13.0 Å². The number of aromatic nitrogens is 2. The van der Waals surface area contributed by atoms with E-state index >= 15 is 0 Å². The highest BCUT2D eigenvalue weighted by atomic mass is 35.5. The van der Waals surface area contributed by atoms with Gasteiger partial charge in [0.2, 0.25) is 0 Å². The third kappa shape index (κ3) is 3.36. The molecule has 0 aliphatic rings. The van der Waals surface area contributed by atoms with Gasteiger partial charge in [-0.05, 0) is 12.1 Å². The number of halogens is 1. The molecule has 2 rings (SSSR count). The third-order valence-electron chi connectivity index (χ3n) is 2.56. The molecule has 2 aromatic rings. The summed E-state index contributed by atoms with van der Waals surface area (Å²) >= 11 is 5.95. The fraction of sp³-hybridized carbons (Fsp3) is 0.333. The fourth-order valence-corrected chi connectivity index (χ4v) is 1.83. The van der Waals surface area contributed by atoms with Crippen molar-refractivity contribution in [1.82, 2.24) is 9.78 Å². The van der Waals surface area contributed by atoms with Crippen LogP contribution in [0.5, 0.6) is 0 Å². The second-order valence-corrected chi connectivity index (χ2v) is 4.26. The zero-order chi connectivity index (χ0) is 13.7. The van der Waals surface area contributed by atoms with Gasteiger partial charge >= 0.3 is 0 Å². The van der Waals surface area contributed by atoms with E-state index < -0.39 is 5.56 Å². The minimum Gasteiger partial charge on any atom is -0.469 e. The molecule has 2 N–H and O–H groups in total. The number of aliphatic hydroxyl groups is 1. The van der Waals surface area contributed by atoms with Crippen LogP contribution in [0.25, 0.3) is 0 Å². The Hall–Kier alpha value is -1.79. The predicted octanol–water partition coefficient (Wildman–Crippen LogP) is 1.14. The van der Waals surface area contributed by atoms with Gasteiger partial charge in [-0.3, -0.25) is 4.79 Å². The van der Waals surface area contributed by atoms with Gasteiger partial charge < -0.3 is 14.8 Å². The number of rotatable bonds is 6. The number of hydrogen-bond acceptors (Lipinski definition) is 5. The Morgan fingerprint density at radius 1 is 1.53 bits per heavy atom. The number of nitrogens with one attached hydrogen (secondary N) is 1. The highest BCUT2D eigenvalue weighted by Crippen LogP contribution is 2.15. The largest absolute Gasteiger partial charge is 0.469 e. The van der Waals surface area contributed by atoms with Crippen molar-refractivity contribution in [2.45, 2.75) is 13.0 Å². The summed E-state index contributed by atoms with van der Waals surface area (Å²) < 4.78 is 6.32. The van der Waals surface area contributed by atoms with Crippen LogP contribution >= 0.6 is 11.6 Å². The molecule has 0 amide bonds. The molecule has 0 unspecified atom stereocenters. The average molecular weight is 284 g/mol. The summed E-state index contributed by atoms with van der Waals surface area (Å²) in [5, 5.41) is 15.8. The Labute approximate surface area is 114 Å². The Balaban J connectivity index is 2.01. The number of anilines is 1. The van der Waals surface area contributed by atoms with Crippen molar-refractivity contribution in [2.75, 3.05) is 18.5 Å². The van der Waals surface area contributed by atoms with Crippen molar-refractivity contribution in [1.29, 1.82) is 0 Å². The van der Waals surface area contributed by atoms with Crippen molar-refractivity contribution < 1.29 is 9.52 Å². The van der Waals surface area contributed by atoms with Gasteiger partial charge in [-0.25, -0.2) is 4.68 Å². The van der Waals surface area contributed by atoms with Crippen molar-refractivity contribution in [3.05, 3.63) is 45.7 Å². The predicted molar refractivity (Wildman–Crippen MR) is 71.5 cm³/mol. The van der Waals surface area contributed by atoms with Crippen LogP contribution in [0.4, 0.5) is 5.69 Å². The number of nitrogens with zero attached hydrogens (tertiary/aromatic N) is 2. The van der Waals surface area contributed by atoms with E-state index in [2.05, 4.69) is 10.4 Å². The smallest absolute Gasteiger partial charge is 0.287 e. The Kier molecular flexibility index (Phi) is 4.59. The standard InChI is InChI=1S/C12H14ClN3O3/c13-11-10(8-15-16(5-6-17)12(11)18)14-4-3-9-2-1-7-19-9/h1-2,7-8,14,17H,3-6H2. The van der Waals surface area contributed by atoms with E-state index in [1.54, 1.807) is 6.26 Å². The van der Waals surface area contributed by atoms with E-state index in [9.17, 15) is 4.79 Å². The van der Waals surface area contributed by atoms with E-state index in [1.807, 2.05) is 12.1 Å². The topological polar surface area (TPSA) is 80.3 Å². The normalized spacial score (nSPS) is 10.6. The van der Waals surface area contributed by atoms with Crippen LogP contribution in [0.1, 0.15) is 5.76 Å². The highest BCUT2D eigenvalue weighted by Gasteiger charge is 2.08. The SMILES string of the molecule is O=c1c(Cl)c(NCCc2ccco2)cnn1CCO. The number of hydrogen-bond donors (Lipinski definition) is 2. The van der Waals surface area contributed by atoms with Crippen LogP contribution < -0.4 is 10.9 Å². The molecule has 0 radical (unpaired) electrons. The van der Waals surface area contributed by atoms with Gasteiger partial charge in [0.15, 0.2) is 0 Å². The first kappa shape index (κ1) is 13.6. The Morgan fingerprint density at radius 2 is 2.37 bits per heavy atom. The van der Waals surface area contributed by atoms with Crippen molar-refractivity contribution in [3.63, 3.8) is 0 Å². The van der Waals surface area contributed by atoms with E-state index in [0.717, 1.165) is 10.4 Å². The minimum absolute atomic E-state index is 0.0721. The fourth-order valence-electron chi connectivity index (χ4n) is 1.62. The van der Waals surface area contributed by atoms with E-state index in [0.29, 0.717) is 18.7 Å². The molecule has 6 nitrogen and oxygen atoms in total. The molecule has 0 aliphatic heterocycles. The van der Waals surface area contributed by atoms with E-state index in [-0.39, 0.29) is 18.2 Å². The molecule has 0 spiro atoms. The molecule has 7 heteroatoms. The van der Waals surface area contributed by atoms with Gasteiger partial charge in [0.25, 0.3) is 5.56 Å². The first-order chi connectivity index (χ1) is 9.22. The molecular formula is C12H14ClN3O3. The molecular weight excluding hydrogens is 270 g/mol. The molecule has 0 fully saturated rings. The van der Waals surface area contributed by atoms with Gasteiger partial charge in [0.1, 0.15) is 10.8 Å². The maximum atomic E-state index is 11.8. The summed E-state index contributed by atoms with van der Waals surface area (Å²) in [6.45, 7) is 0.554. The Bertz CT molecular complexity index is 580. The Morgan fingerprint density at radius 3 is 3.05 bits per heavy atom. The van der Waals surface area contributed by atoms with Crippen LogP contribution in [-0.4, -0.2) is 28.0 Å². The van der Waals surface area contributed by atoms with Gasteiger partial charge in [-0.15, -0.1) is 0 Å². The maximum Gasteiger partial charge on any atom is 0.287 e. The molecule has 2 heterocycles. The average Bonchev–Trinajstić information content (AvgIpc) is 2.91. The van der Waals surface area contributed by atoms with Gasteiger partial charge in [-0.2, -0.15) is 5.10 Å². The molecule has 0 aromatic carbocycles. The summed E-state index contributed by atoms with van der Waals surface area (Å²) in [6.07, 6.45) is 3.77. The lowest BCUT2D eigenvalue weighted by molar-refractivity contribution is 0.266. The lowest BCUT2D eigenvalue weighted by atomic mass is 10.3. The summed E-state index contributed by atoms with van der Waals surface area (Å²) in [4.78, 5) is 11.8. The minimum atomic E-state index is -0.418. The lowest BCUT2D eigenvalue weighted by Gasteiger charge is -2.08. The molecule has 0 saturated carbocycles. The molecule has 0 saturated heterocycles. The van der Waals surface area contributed by atoms with Crippen molar-refractivity contribution >= 4 is 17.3 Å². The van der Waals surface area contributed by atoms with Gasteiger partial charge in [0.05, 0.1) is 31.3 Å². The number of aliphatic hydroxyl groups excluding tert-OH is 1. The molecule has 2 aromatic heterocycles. The lowest BCUT2D eigenvalue weighted by Crippen LogP contribution is -2.25. The van der Waals surface area contributed by atoms with Crippen LogP contribution in [-0.2, 0) is 13.0 Å². The van der Waals surface area contributed by atoms with E-state index in [1.165, 1.54) is 6.20 Å². The third-order valence-corrected chi connectivity index (χ3v) is 2.93. The second-order valence-electron chi connectivity index (χ2n) is 3.88. The number of furan rings is 1. The van der Waals surface area contributed by atoms with E-state index in [4.69, 9.17) is 21.1 Å². The van der Waals surface area contributed by atoms with Crippen LogP contribution in [0.2, 0.25) is 5.02 Å². The summed E-state index contributed by atoms with van der Waals surface area (Å²) in [7, 11) is 0. The van der Waals surface area contributed by atoms with Crippen LogP contribution in [0, 0.1) is 0 Å². The molecule has 102 valence electrons. The molecule has 19 heavy (non-hydrogen) atoms. The monoisotopic (exact) mass is 283 g/mol. The van der Waals surface area contributed by atoms with Crippen LogP contribution in [0.15, 0.2) is 33.8 Å².